The molecule has 0 saturated heterocycles. The van der Waals surface area contributed by atoms with Crippen molar-refractivity contribution in [2.45, 2.75) is 45.4 Å². The monoisotopic (exact) mass is 419 g/mol. The number of hydrogen-bond acceptors (Lipinski definition) is 5. The Morgan fingerprint density at radius 3 is 2.58 bits per heavy atom. The Kier molecular flexibility index (Phi) is 8.79. The van der Waals surface area contributed by atoms with Gasteiger partial charge in [-0.15, -0.1) is 0 Å². The summed E-state index contributed by atoms with van der Waals surface area (Å²) in [6, 6.07) is 13.0. The Morgan fingerprint density at radius 2 is 1.81 bits per heavy atom. The second-order valence-corrected chi connectivity index (χ2v) is 7.29. The third-order valence-electron chi connectivity index (χ3n) is 4.83. The number of amides is 1. The third-order valence-corrected chi connectivity index (χ3v) is 4.83. The van der Waals surface area contributed by atoms with Gasteiger partial charge in [-0.3, -0.25) is 14.9 Å². The quantitative estimate of drug-likeness (QED) is 0.246. The van der Waals surface area contributed by atoms with Crippen LogP contribution in [-0.4, -0.2) is 33.9 Å². The molecular formula is C24H29N5O2. The van der Waals surface area contributed by atoms with Crippen molar-refractivity contribution >= 4 is 12.1 Å². The van der Waals surface area contributed by atoms with Gasteiger partial charge in [-0.2, -0.15) is 10.2 Å². The molecule has 0 aliphatic carbocycles. The molecular weight excluding hydrogens is 390 g/mol. The number of hydrazone groups is 1. The second kappa shape index (κ2) is 12.3. The number of aromatic amines is 1. The number of nitrogens with zero attached hydrogens (tertiary/aromatic N) is 3. The zero-order valence-corrected chi connectivity index (χ0v) is 17.9. The van der Waals surface area contributed by atoms with E-state index >= 15 is 0 Å². The highest BCUT2D eigenvalue weighted by molar-refractivity contribution is 5.94. The Morgan fingerprint density at radius 1 is 1.06 bits per heavy atom. The minimum absolute atomic E-state index is 0.338. The van der Waals surface area contributed by atoms with Gasteiger partial charge in [-0.25, -0.2) is 5.43 Å². The van der Waals surface area contributed by atoms with Crippen LogP contribution in [0.15, 0.2) is 60.0 Å². The van der Waals surface area contributed by atoms with Crippen LogP contribution in [0.4, 0.5) is 0 Å². The summed E-state index contributed by atoms with van der Waals surface area (Å²) in [6.07, 6.45) is 12.3. The summed E-state index contributed by atoms with van der Waals surface area (Å²) in [5, 5.41) is 10.9. The summed E-state index contributed by atoms with van der Waals surface area (Å²) in [5.41, 5.74) is 5.26. The maximum absolute atomic E-state index is 12.2. The Hall–Kier alpha value is -3.48. The molecule has 2 heterocycles. The van der Waals surface area contributed by atoms with E-state index in [9.17, 15) is 4.79 Å². The zero-order valence-electron chi connectivity index (χ0n) is 17.9. The Labute approximate surface area is 183 Å². The van der Waals surface area contributed by atoms with Crippen LogP contribution < -0.4 is 10.2 Å². The number of carbonyl (C=O) groups excluding carboxylic acids is 1. The Balaban J connectivity index is 1.45. The van der Waals surface area contributed by atoms with E-state index in [0.717, 1.165) is 29.9 Å². The average Bonchev–Trinajstić information content (AvgIpc) is 3.30. The van der Waals surface area contributed by atoms with Gasteiger partial charge < -0.3 is 4.74 Å². The summed E-state index contributed by atoms with van der Waals surface area (Å²) < 4.78 is 5.82. The molecule has 3 aromatic rings. The first-order valence-corrected chi connectivity index (χ1v) is 10.8. The van der Waals surface area contributed by atoms with Gasteiger partial charge in [0.15, 0.2) is 0 Å². The molecule has 1 aromatic carbocycles. The van der Waals surface area contributed by atoms with Gasteiger partial charge >= 0.3 is 0 Å². The van der Waals surface area contributed by atoms with Crippen molar-refractivity contribution in [3.63, 3.8) is 0 Å². The topological polar surface area (TPSA) is 92.3 Å². The molecule has 3 rings (SSSR count). The summed E-state index contributed by atoms with van der Waals surface area (Å²) in [5.74, 6) is 0.485. The van der Waals surface area contributed by atoms with Crippen LogP contribution in [-0.2, 0) is 0 Å². The highest BCUT2D eigenvalue weighted by atomic mass is 16.5. The number of hydrogen-bond donors (Lipinski definition) is 2. The molecule has 0 fully saturated rings. The lowest BCUT2D eigenvalue weighted by atomic mass is 10.1. The molecule has 0 radical (unpaired) electrons. The lowest BCUT2D eigenvalue weighted by Crippen LogP contribution is -2.17. The number of aromatic nitrogens is 3. The van der Waals surface area contributed by atoms with E-state index in [1.54, 1.807) is 36.8 Å². The molecule has 0 unspecified atom stereocenters. The fraction of sp³-hybridized carbons (Fsp3) is 0.333. The van der Waals surface area contributed by atoms with Gasteiger partial charge in [0.1, 0.15) is 11.4 Å². The smallest absolute Gasteiger partial charge is 0.289 e. The van der Waals surface area contributed by atoms with Crippen LogP contribution in [0.25, 0.3) is 11.3 Å². The predicted octanol–water partition coefficient (Wildman–Crippen LogP) is 4.97. The maximum Gasteiger partial charge on any atom is 0.289 e. The molecule has 7 heteroatoms. The first kappa shape index (κ1) is 22.2. The molecule has 1 amide bonds. The number of carbonyl (C=O) groups is 1. The molecule has 0 saturated carbocycles. The summed E-state index contributed by atoms with van der Waals surface area (Å²) in [6.45, 7) is 2.96. The van der Waals surface area contributed by atoms with Crippen LogP contribution in [0.1, 0.15) is 61.5 Å². The first-order valence-electron chi connectivity index (χ1n) is 10.8. The van der Waals surface area contributed by atoms with Crippen LogP contribution in [0.2, 0.25) is 0 Å². The Bertz CT molecular complexity index is 952. The molecule has 0 aliphatic rings. The van der Waals surface area contributed by atoms with E-state index in [1.807, 2.05) is 24.3 Å². The molecule has 7 nitrogen and oxygen atoms in total. The fourth-order valence-corrected chi connectivity index (χ4v) is 3.06. The summed E-state index contributed by atoms with van der Waals surface area (Å²) >= 11 is 0. The van der Waals surface area contributed by atoms with Gasteiger partial charge in [0, 0.05) is 18.0 Å². The van der Waals surface area contributed by atoms with E-state index in [2.05, 4.69) is 32.6 Å². The largest absolute Gasteiger partial charge is 0.494 e. The summed E-state index contributed by atoms with van der Waals surface area (Å²) in [4.78, 5) is 16.2. The van der Waals surface area contributed by atoms with E-state index in [4.69, 9.17) is 4.74 Å². The van der Waals surface area contributed by atoms with E-state index < -0.39 is 0 Å². The molecule has 31 heavy (non-hydrogen) atoms. The first-order chi connectivity index (χ1) is 15.3. The van der Waals surface area contributed by atoms with Crippen molar-refractivity contribution in [1.29, 1.82) is 0 Å². The van der Waals surface area contributed by atoms with E-state index in [-0.39, 0.29) is 5.91 Å². The highest BCUT2D eigenvalue weighted by Crippen LogP contribution is 2.21. The van der Waals surface area contributed by atoms with E-state index in [0.29, 0.717) is 11.4 Å². The van der Waals surface area contributed by atoms with Gasteiger partial charge in [0.25, 0.3) is 5.91 Å². The van der Waals surface area contributed by atoms with Crippen LogP contribution in [0.3, 0.4) is 0 Å². The number of H-pyrrole nitrogens is 1. The number of pyridine rings is 1. The molecule has 0 aliphatic heterocycles. The lowest BCUT2D eigenvalue weighted by Gasteiger charge is -2.06. The molecule has 2 N–H and O–H groups in total. The summed E-state index contributed by atoms with van der Waals surface area (Å²) in [7, 11) is 0. The van der Waals surface area contributed by atoms with Gasteiger partial charge in [-0.05, 0) is 54.4 Å². The van der Waals surface area contributed by atoms with E-state index in [1.165, 1.54) is 32.1 Å². The molecule has 0 bridgehead atoms. The predicted molar refractivity (Wildman–Crippen MR) is 122 cm³/mol. The standard InChI is InChI=1S/C24H29N5O2/c1-2-3-4-5-6-7-16-31-21-10-8-20(9-11-21)22-17-23(28-27-22)24(30)29-26-18-19-12-14-25-15-13-19/h8-15,17-18H,2-7,16H2,1H3,(H,27,28)(H,29,30)/b26-18-. The molecule has 0 atom stereocenters. The van der Waals surface area contributed by atoms with Crippen molar-refractivity contribution < 1.29 is 9.53 Å². The molecule has 2 aromatic heterocycles. The zero-order chi connectivity index (χ0) is 21.7. The lowest BCUT2D eigenvalue weighted by molar-refractivity contribution is 0.0950. The number of nitrogens with one attached hydrogen (secondary N) is 2. The van der Waals surface area contributed by atoms with Crippen molar-refractivity contribution in [3.8, 4) is 17.0 Å². The number of ether oxygens (including phenoxy) is 1. The van der Waals surface area contributed by atoms with Gasteiger partial charge in [0.05, 0.1) is 18.5 Å². The number of rotatable bonds is 12. The minimum atomic E-state index is -0.358. The van der Waals surface area contributed by atoms with Crippen molar-refractivity contribution in [1.82, 2.24) is 20.6 Å². The average molecular weight is 420 g/mol. The minimum Gasteiger partial charge on any atom is -0.494 e. The highest BCUT2D eigenvalue weighted by Gasteiger charge is 2.10. The van der Waals surface area contributed by atoms with Crippen molar-refractivity contribution in [2.75, 3.05) is 6.61 Å². The third kappa shape index (κ3) is 7.37. The van der Waals surface area contributed by atoms with Crippen LogP contribution in [0, 0.1) is 0 Å². The van der Waals surface area contributed by atoms with Crippen LogP contribution in [0.5, 0.6) is 5.75 Å². The SMILES string of the molecule is CCCCCCCCOc1ccc(-c2cc(C(=O)N/N=C\c3ccncc3)[nH]n2)cc1. The van der Waals surface area contributed by atoms with Crippen LogP contribution >= 0.6 is 0 Å². The molecule has 162 valence electrons. The number of benzene rings is 1. The molecule has 0 spiro atoms. The fourth-order valence-electron chi connectivity index (χ4n) is 3.06. The van der Waals surface area contributed by atoms with Crippen molar-refractivity contribution in [2.24, 2.45) is 5.10 Å². The number of unbranched alkanes of at least 4 members (excludes halogenated alkanes) is 5. The van der Waals surface area contributed by atoms with Gasteiger partial charge in [0.2, 0.25) is 0 Å². The normalized spacial score (nSPS) is 11.0. The second-order valence-electron chi connectivity index (χ2n) is 7.29. The van der Waals surface area contributed by atoms with Gasteiger partial charge in [-0.1, -0.05) is 39.0 Å². The van der Waals surface area contributed by atoms with Crippen molar-refractivity contribution in [3.05, 3.63) is 66.1 Å². The maximum atomic E-state index is 12.2.